The average molecular weight is 489 g/mol. The lowest BCUT2D eigenvalue weighted by Crippen LogP contribution is -2.59. The molecule has 0 unspecified atom stereocenters. The first-order valence-corrected chi connectivity index (χ1v) is 12.8. The van der Waals surface area contributed by atoms with E-state index in [1.165, 1.54) is 23.6 Å². The number of carbonyl (C=O) groups excluding carboxylic acids is 1. The van der Waals surface area contributed by atoms with Gasteiger partial charge >= 0.3 is 5.97 Å². The summed E-state index contributed by atoms with van der Waals surface area (Å²) in [5.74, 6) is 1.02. The quantitative estimate of drug-likeness (QED) is 0.422. The van der Waals surface area contributed by atoms with E-state index in [1.807, 2.05) is 6.92 Å². The van der Waals surface area contributed by atoms with Crippen LogP contribution >= 0.6 is 0 Å². The third-order valence-corrected chi connectivity index (χ3v) is 8.11. The summed E-state index contributed by atoms with van der Waals surface area (Å²) in [5.41, 5.74) is 5.49. The Morgan fingerprint density at radius 2 is 1.71 bits per heavy atom. The third-order valence-electron chi connectivity index (χ3n) is 8.11. The highest BCUT2D eigenvalue weighted by molar-refractivity contribution is 5.66. The number of carbonyl (C=O) groups is 1. The number of ether oxygens (including phenoxy) is 3. The summed E-state index contributed by atoms with van der Waals surface area (Å²) in [4.78, 5) is 11.8. The summed E-state index contributed by atoms with van der Waals surface area (Å²) in [6.45, 7) is 13.5. The molecule has 0 radical (unpaired) electrons. The van der Waals surface area contributed by atoms with Crippen molar-refractivity contribution in [3.05, 3.63) is 33.9 Å². The van der Waals surface area contributed by atoms with Crippen molar-refractivity contribution in [1.82, 2.24) is 0 Å². The van der Waals surface area contributed by atoms with Crippen LogP contribution in [-0.4, -0.2) is 52.0 Å². The molecule has 1 saturated heterocycles. The van der Waals surface area contributed by atoms with Gasteiger partial charge in [0.15, 0.2) is 17.6 Å². The van der Waals surface area contributed by atoms with E-state index in [9.17, 15) is 20.1 Å². The van der Waals surface area contributed by atoms with Gasteiger partial charge < -0.3 is 29.5 Å². The van der Waals surface area contributed by atoms with Crippen LogP contribution in [0.25, 0.3) is 0 Å². The molecule has 7 nitrogen and oxygen atoms in total. The number of aromatic hydroxyl groups is 1. The maximum atomic E-state index is 11.8. The van der Waals surface area contributed by atoms with Gasteiger partial charge in [0, 0.05) is 18.4 Å². The summed E-state index contributed by atoms with van der Waals surface area (Å²) >= 11 is 0. The number of esters is 1. The van der Waals surface area contributed by atoms with E-state index in [2.05, 4.69) is 33.8 Å². The first-order valence-electron chi connectivity index (χ1n) is 12.8. The molecule has 1 aliphatic heterocycles. The Labute approximate surface area is 208 Å². The Hall–Kier alpha value is -2.09. The lowest BCUT2D eigenvalue weighted by molar-refractivity contribution is -0.273. The highest BCUT2D eigenvalue weighted by atomic mass is 16.7. The molecule has 9 atom stereocenters. The van der Waals surface area contributed by atoms with Crippen LogP contribution in [-0.2, 0) is 14.3 Å². The van der Waals surface area contributed by atoms with Crippen molar-refractivity contribution in [2.75, 3.05) is 0 Å². The van der Waals surface area contributed by atoms with Gasteiger partial charge in [-0.1, -0.05) is 25.5 Å². The smallest absolute Gasteiger partial charge is 0.303 e. The van der Waals surface area contributed by atoms with Gasteiger partial charge in [0.25, 0.3) is 0 Å². The molecule has 1 aromatic rings. The largest absolute Gasteiger partial charge is 0.504 e. The number of hydrogen-bond acceptors (Lipinski definition) is 7. The van der Waals surface area contributed by atoms with Crippen molar-refractivity contribution in [3.63, 3.8) is 0 Å². The van der Waals surface area contributed by atoms with E-state index in [4.69, 9.17) is 14.2 Å². The molecule has 3 aliphatic rings. The van der Waals surface area contributed by atoms with Crippen molar-refractivity contribution in [3.8, 4) is 11.5 Å². The molecule has 194 valence electrons. The minimum Gasteiger partial charge on any atom is -0.504 e. The Kier molecular flexibility index (Phi) is 7.24. The number of allylic oxidation sites excluding steroid dienone is 2. The predicted octanol–water partition coefficient (Wildman–Crippen LogP) is 4.55. The highest BCUT2D eigenvalue weighted by Gasteiger charge is 2.48. The lowest BCUT2D eigenvalue weighted by Gasteiger charge is -2.45. The summed E-state index contributed by atoms with van der Waals surface area (Å²) in [6, 6.07) is 0. The molecule has 4 rings (SSSR count). The maximum Gasteiger partial charge on any atom is 0.303 e. The van der Waals surface area contributed by atoms with Crippen LogP contribution in [0.1, 0.15) is 101 Å². The lowest BCUT2D eigenvalue weighted by atomic mass is 9.62. The van der Waals surface area contributed by atoms with Crippen LogP contribution in [0.15, 0.2) is 11.6 Å². The van der Waals surface area contributed by atoms with Crippen LogP contribution < -0.4 is 4.74 Å². The number of benzene rings is 1. The van der Waals surface area contributed by atoms with E-state index >= 15 is 0 Å². The molecule has 0 saturated carbocycles. The summed E-state index contributed by atoms with van der Waals surface area (Å²) in [7, 11) is 0. The fraction of sp³-hybridized carbons (Fsp3) is 0.679. The zero-order chi connectivity index (χ0) is 25.8. The van der Waals surface area contributed by atoms with Gasteiger partial charge in [-0.3, -0.25) is 4.79 Å². The molecule has 0 aromatic heterocycles. The van der Waals surface area contributed by atoms with E-state index in [1.54, 1.807) is 6.92 Å². The number of rotatable bonds is 4. The van der Waals surface area contributed by atoms with E-state index in [-0.39, 0.29) is 17.6 Å². The van der Waals surface area contributed by atoms with Crippen molar-refractivity contribution >= 4 is 5.97 Å². The van der Waals surface area contributed by atoms with Gasteiger partial charge in [0.2, 0.25) is 6.29 Å². The molecule has 35 heavy (non-hydrogen) atoms. The summed E-state index contributed by atoms with van der Waals surface area (Å²) < 4.78 is 17.5. The molecule has 0 amide bonds. The molecule has 3 N–H and O–H groups in total. The molecule has 1 heterocycles. The van der Waals surface area contributed by atoms with Crippen LogP contribution in [0.5, 0.6) is 11.5 Å². The second-order valence-corrected chi connectivity index (χ2v) is 11.1. The molecule has 1 fully saturated rings. The Bertz CT molecular complexity index is 1010. The van der Waals surface area contributed by atoms with Gasteiger partial charge in [0.1, 0.15) is 12.2 Å². The summed E-state index contributed by atoms with van der Waals surface area (Å²) in [6.07, 6.45) is -0.347. The molecular weight excluding hydrogens is 448 g/mol. The molecule has 1 aromatic carbocycles. The standard InChI is InChI=1S/C28H40O7/c1-12(2)10-18-11-14(4)19-9-8-13(3)20-22(19)21(18)15(5)23(30)26(20)35-28-27(34-17(7)29)25(32)24(31)16(6)33-28/h10,13-14,16,18-19,24-25,27-28,30-32H,8-9,11H2,1-7H3/t13-,14-,16-,18+,19+,24+,25+,27-,28-/m0/s1. The summed E-state index contributed by atoms with van der Waals surface area (Å²) in [5, 5.41) is 32.4. The molecule has 0 bridgehead atoms. The maximum absolute atomic E-state index is 11.8. The normalized spacial score (nSPS) is 36.2. The average Bonchev–Trinajstić information content (AvgIpc) is 2.77. The Balaban J connectivity index is 1.86. The molecule has 7 heteroatoms. The van der Waals surface area contributed by atoms with Crippen molar-refractivity contribution < 1.29 is 34.3 Å². The molecule has 2 aliphatic carbocycles. The zero-order valence-electron chi connectivity index (χ0n) is 21.9. The van der Waals surface area contributed by atoms with E-state index < -0.39 is 36.7 Å². The SMILES string of the molecule is CC(=O)O[C@@H]1[C@H](Oc2c(O)c(C)c3c4c2[C@@H](C)CC[C@@H]4[C@@H](C)C[C@H]3C=C(C)C)O[C@@H](C)[C@@H](O)[C@H]1O. The predicted molar refractivity (Wildman–Crippen MR) is 132 cm³/mol. The highest BCUT2D eigenvalue weighted by Crippen LogP contribution is 2.58. The minimum atomic E-state index is -1.38. The fourth-order valence-electron chi connectivity index (χ4n) is 6.43. The Morgan fingerprint density at radius 3 is 2.34 bits per heavy atom. The fourth-order valence-corrected chi connectivity index (χ4v) is 6.43. The second kappa shape index (κ2) is 9.75. The number of hydrogen-bond donors (Lipinski definition) is 3. The topological polar surface area (TPSA) is 105 Å². The number of aliphatic hydroxyl groups is 2. The van der Waals surface area contributed by atoms with Gasteiger partial charge in [-0.05, 0) is 81.4 Å². The first kappa shape index (κ1) is 26.0. The van der Waals surface area contributed by atoms with E-state index in [0.29, 0.717) is 17.6 Å². The van der Waals surface area contributed by atoms with Crippen LogP contribution in [0.2, 0.25) is 0 Å². The van der Waals surface area contributed by atoms with Crippen molar-refractivity contribution in [1.29, 1.82) is 0 Å². The van der Waals surface area contributed by atoms with Crippen LogP contribution in [0.4, 0.5) is 0 Å². The first-order chi connectivity index (χ1) is 16.4. The van der Waals surface area contributed by atoms with Gasteiger partial charge in [0.05, 0.1) is 6.10 Å². The second-order valence-electron chi connectivity index (χ2n) is 11.1. The molecular formula is C28H40O7. The zero-order valence-corrected chi connectivity index (χ0v) is 21.9. The van der Waals surface area contributed by atoms with Gasteiger partial charge in [-0.25, -0.2) is 0 Å². The van der Waals surface area contributed by atoms with Crippen LogP contribution in [0.3, 0.4) is 0 Å². The molecule has 0 spiro atoms. The van der Waals surface area contributed by atoms with Crippen molar-refractivity contribution in [2.45, 2.75) is 116 Å². The van der Waals surface area contributed by atoms with Gasteiger partial charge in [-0.15, -0.1) is 0 Å². The number of phenols is 1. The Morgan fingerprint density at radius 1 is 1.03 bits per heavy atom. The van der Waals surface area contributed by atoms with Crippen LogP contribution in [0, 0.1) is 12.8 Å². The number of phenolic OH excluding ortho intramolecular Hbond substituents is 1. The monoisotopic (exact) mass is 488 g/mol. The van der Waals surface area contributed by atoms with Crippen molar-refractivity contribution in [2.24, 2.45) is 5.92 Å². The van der Waals surface area contributed by atoms with Gasteiger partial charge in [-0.2, -0.15) is 0 Å². The third kappa shape index (κ3) is 4.58. The van der Waals surface area contributed by atoms with E-state index in [0.717, 1.165) is 30.4 Å². The minimum absolute atomic E-state index is 0.0615. The number of aliphatic hydroxyl groups excluding tert-OH is 2.